The molecule has 1 aromatic rings. The van der Waals surface area contributed by atoms with Crippen molar-refractivity contribution in [2.75, 3.05) is 4.90 Å². The number of rotatable bonds is 9. The van der Waals surface area contributed by atoms with Crippen molar-refractivity contribution >= 4 is 17.7 Å². The van der Waals surface area contributed by atoms with Crippen LogP contribution in [0.2, 0.25) is 0 Å². The summed E-state index contributed by atoms with van der Waals surface area (Å²) in [6.07, 6.45) is 11.2. The first kappa shape index (κ1) is 24.3. The summed E-state index contributed by atoms with van der Waals surface area (Å²) >= 11 is 0. The number of piperidine rings is 1. The van der Waals surface area contributed by atoms with Gasteiger partial charge in [0.15, 0.2) is 5.60 Å². The molecule has 0 saturated carbocycles. The highest BCUT2D eigenvalue weighted by Crippen LogP contribution is 2.49. The number of allylic oxidation sites excluding steroid dienone is 1. The highest BCUT2D eigenvalue weighted by molar-refractivity contribution is 6.20. The highest BCUT2D eigenvalue weighted by atomic mass is 16.7. The summed E-state index contributed by atoms with van der Waals surface area (Å²) in [5.41, 5.74) is -1.69. The number of ether oxygens (including phenoxy) is 1. The molecule has 2 saturated heterocycles. The minimum Gasteiger partial charge on any atom is -0.432 e. The van der Waals surface area contributed by atoms with E-state index in [-0.39, 0.29) is 5.91 Å². The Hall–Kier alpha value is -2.34. The third kappa shape index (κ3) is 5.01. The molecule has 2 aliphatic rings. The van der Waals surface area contributed by atoms with E-state index in [9.17, 15) is 9.59 Å². The molecular weight excluding hydrogens is 404 g/mol. The van der Waals surface area contributed by atoms with E-state index >= 15 is 0 Å². The molecule has 0 radical (unpaired) electrons. The van der Waals surface area contributed by atoms with Crippen LogP contribution in [0, 0.1) is 0 Å². The first-order chi connectivity index (χ1) is 15.1. The minimum atomic E-state index is -1.19. The van der Waals surface area contributed by atoms with Gasteiger partial charge in [-0.1, -0.05) is 50.8 Å². The molecule has 2 heterocycles. The lowest BCUT2D eigenvalue weighted by atomic mass is 9.72. The summed E-state index contributed by atoms with van der Waals surface area (Å²) in [6.45, 7) is 10.3. The topological polar surface area (TPSA) is 59.1 Å². The number of carbonyl (C=O) groups excluding carboxylic acids is 2. The normalized spacial score (nSPS) is 22.0. The van der Waals surface area contributed by atoms with Gasteiger partial charge in [-0.05, 0) is 58.7 Å². The van der Waals surface area contributed by atoms with Gasteiger partial charge in [-0.25, -0.2) is 9.69 Å². The fourth-order valence-electron chi connectivity index (χ4n) is 5.31. The third-order valence-electron chi connectivity index (χ3n) is 6.35. The Morgan fingerprint density at radius 3 is 2.22 bits per heavy atom. The van der Waals surface area contributed by atoms with Crippen LogP contribution in [-0.4, -0.2) is 33.7 Å². The van der Waals surface area contributed by atoms with Crippen LogP contribution in [0.25, 0.3) is 0 Å². The van der Waals surface area contributed by atoms with Gasteiger partial charge in [-0.2, -0.15) is 0 Å². The number of amides is 2. The Balaban J connectivity index is 1.69. The van der Waals surface area contributed by atoms with Gasteiger partial charge in [0.2, 0.25) is 0 Å². The van der Waals surface area contributed by atoms with Crippen LogP contribution in [0.1, 0.15) is 86.0 Å². The number of carbonyl (C=O) groups is 2. The monoisotopic (exact) mass is 442 g/mol. The first-order valence-corrected chi connectivity index (χ1v) is 11.9. The number of hydroxylamine groups is 2. The zero-order valence-corrected chi connectivity index (χ0v) is 20.2. The Kier molecular flexibility index (Phi) is 7.33. The van der Waals surface area contributed by atoms with Gasteiger partial charge in [-0.15, -0.1) is 5.06 Å². The molecule has 176 valence electrons. The minimum absolute atomic E-state index is 0.294. The molecule has 6 nitrogen and oxygen atoms in total. The third-order valence-corrected chi connectivity index (χ3v) is 6.35. The smallest absolute Gasteiger partial charge is 0.422 e. The molecular formula is C26H38N2O4. The van der Waals surface area contributed by atoms with Crippen molar-refractivity contribution in [3.63, 3.8) is 0 Å². The number of benzene rings is 1. The van der Waals surface area contributed by atoms with Crippen LogP contribution >= 0.6 is 0 Å². The fourth-order valence-corrected chi connectivity index (χ4v) is 5.31. The van der Waals surface area contributed by atoms with Crippen molar-refractivity contribution in [3.8, 4) is 0 Å². The maximum atomic E-state index is 13.5. The highest BCUT2D eigenvalue weighted by Gasteiger charge is 2.64. The number of anilines is 1. The van der Waals surface area contributed by atoms with Crippen molar-refractivity contribution < 1.29 is 19.2 Å². The zero-order chi connectivity index (χ0) is 23.4. The van der Waals surface area contributed by atoms with Crippen molar-refractivity contribution in [1.29, 1.82) is 0 Å². The molecule has 0 N–H and O–H groups in total. The van der Waals surface area contributed by atoms with Gasteiger partial charge in [0, 0.05) is 12.8 Å². The van der Waals surface area contributed by atoms with Gasteiger partial charge >= 0.3 is 6.09 Å². The molecule has 0 bridgehead atoms. The molecule has 0 aromatic heterocycles. The second kappa shape index (κ2) is 9.65. The second-order valence-electron chi connectivity index (χ2n) is 10.3. The van der Waals surface area contributed by atoms with Gasteiger partial charge in [0.25, 0.3) is 5.91 Å². The zero-order valence-electron chi connectivity index (χ0n) is 20.2. The van der Waals surface area contributed by atoms with E-state index in [1.54, 1.807) is 30.5 Å². The van der Waals surface area contributed by atoms with Crippen LogP contribution in [0.3, 0.4) is 0 Å². The maximum Gasteiger partial charge on any atom is 0.422 e. The molecule has 1 spiro atoms. The summed E-state index contributed by atoms with van der Waals surface area (Å²) < 4.78 is 5.82. The van der Waals surface area contributed by atoms with E-state index in [0.29, 0.717) is 18.5 Å². The quantitative estimate of drug-likeness (QED) is 0.329. The van der Waals surface area contributed by atoms with E-state index in [1.165, 1.54) is 30.6 Å². The molecule has 0 unspecified atom stereocenters. The molecule has 0 atom stereocenters. The van der Waals surface area contributed by atoms with E-state index in [4.69, 9.17) is 9.57 Å². The summed E-state index contributed by atoms with van der Waals surface area (Å²) in [5, 5.41) is 1.95. The van der Waals surface area contributed by atoms with Crippen LogP contribution in [0.4, 0.5) is 10.5 Å². The standard InChI is InChI=1S/C26H38N2O4/c1-6-7-8-9-10-11-15-18-31-28-24(2,3)19-26(20-25(28,4)5)22(29)27(23(30)32-26)21-16-13-12-14-17-21/h12-18H,6-11,19-20H2,1-5H3/b18-15-. The van der Waals surface area contributed by atoms with Crippen molar-refractivity contribution in [1.82, 2.24) is 5.06 Å². The first-order valence-electron chi connectivity index (χ1n) is 11.9. The molecule has 6 heteroatoms. The molecule has 0 aliphatic carbocycles. The number of hydrogen-bond acceptors (Lipinski definition) is 5. The Labute approximate surface area is 192 Å². The lowest BCUT2D eigenvalue weighted by Gasteiger charge is -2.54. The molecule has 2 amide bonds. The number of unbranched alkanes of at least 4 members (excludes halogenated alkanes) is 5. The van der Waals surface area contributed by atoms with Gasteiger partial charge in [0.05, 0.1) is 16.8 Å². The molecule has 1 aromatic carbocycles. The Morgan fingerprint density at radius 1 is 0.969 bits per heavy atom. The van der Waals surface area contributed by atoms with Crippen LogP contribution in [0.5, 0.6) is 0 Å². The molecule has 32 heavy (non-hydrogen) atoms. The van der Waals surface area contributed by atoms with Crippen LogP contribution < -0.4 is 4.90 Å². The van der Waals surface area contributed by atoms with Crippen molar-refractivity contribution in [2.24, 2.45) is 0 Å². The summed E-state index contributed by atoms with van der Waals surface area (Å²) in [4.78, 5) is 33.5. The molecule has 2 aliphatic heterocycles. The largest absolute Gasteiger partial charge is 0.432 e. The van der Waals surface area contributed by atoms with E-state index in [0.717, 1.165) is 12.8 Å². The summed E-state index contributed by atoms with van der Waals surface area (Å²) in [7, 11) is 0. The van der Waals surface area contributed by atoms with E-state index in [2.05, 4.69) is 13.0 Å². The van der Waals surface area contributed by atoms with Crippen LogP contribution in [0.15, 0.2) is 42.7 Å². The average molecular weight is 443 g/mol. The predicted molar refractivity (Wildman–Crippen MR) is 126 cm³/mol. The number of hydrogen-bond donors (Lipinski definition) is 0. The summed E-state index contributed by atoms with van der Waals surface area (Å²) in [6, 6.07) is 8.97. The molecule has 3 rings (SSSR count). The SMILES string of the molecule is CCCCCCC/C=C\ON1C(C)(C)CC2(CC1(C)C)OC(=O)N(c1ccccc1)C2=O. The fraction of sp³-hybridized carbons (Fsp3) is 0.615. The lowest BCUT2D eigenvalue weighted by molar-refractivity contribution is -0.270. The van der Waals surface area contributed by atoms with Crippen molar-refractivity contribution in [3.05, 3.63) is 42.7 Å². The van der Waals surface area contributed by atoms with E-state index in [1.807, 2.05) is 38.8 Å². The second-order valence-corrected chi connectivity index (χ2v) is 10.3. The average Bonchev–Trinajstić information content (AvgIpc) is 2.94. The van der Waals surface area contributed by atoms with E-state index < -0.39 is 22.8 Å². The van der Waals surface area contributed by atoms with Gasteiger partial charge in [0.1, 0.15) is 6.26 Å². The van der Waals surface area contributed by atoms with Gasteiger partial charge in [-0.3, -0.25) is 4.79 Å². The number of nitrogens with zero attached hydrogens (tertiary/aromatic N) is 2. The van der Waals surface area contributed by atoms with Gasteiger partial charge < -0.3 is 9.57 Å². The maximum absolute atomic E-state index is 13.5. The van der Waals surface area contributed by atoms with Crippen molar-refractivity contribution in [2.45, 2.75) is 103 Å². The lowest BCUT2D eigenvalue weighted by Crippen LogP contribution is -2.66. The number of imide groups is 1. The van der Waals surface area contributed by atoms with Crippen LogP contribution in [-0.2, 0) is 14.4 Å². The Bertz CT molecular complexity index is 813. The summed E-state index contributed by atoms with van der Waals surface area (Å²) in [5.74, 6) is -0.294. The number of para-hydroxylation sites is 1. The molecule has 2 fully saturated rings. The Morgan fingerprint density at radius 2 is 1.59 bits per heavy atom. The predicted octanol–water partition coefficient (Wildman–Crippen LogP) is 6.37.